The van der Waals surface area contributed by atoms with Crippen molar-refractivity contribution in [2.45, 2.75) is 22.3 Å². The van der Waals surface area contributed by atoms with E-state index in [2.05, 4.69) is 4.72 Å². The molecule has 24 heavy (non-hydrogen) atoms. The molecule has 1 aliphatic rings. The zero-order valence-corrected chi connectivity index (χ0v) is 14.6. The van der Waals surface area contributed by atoms with Crippen molar-refractivity contribution in [1.29, 1.82) is 0 Å². The van der Waals surface area contributed by atoms with Crippen LogP contribution in [0.5, 0.6) is 5.75 Å². The monoisotopic (exact) mass is 367 g/mol. The maximum absolute atomic E-state index is 12.8. The molecule has 1 heterocycles. The smallest absolute Gasteiger partial charge is 0.242 e. The molecule has 0 amide bonds. The lowest BCUT2D eigenvalue weighted by Crippen LogP contribution is -2.32. The summed E-state index contributed by atoms with van der Waals surface area (Å²) in [6.07, 6.45) is 1.46. The molecular formula is C16H17NO5S2. The first-order chi connectivity index (χ1) is 11.3. The molecule has 2 aromatic rings. The topological polar surface area (TPSA) is 89.5 Å². The van der Waals surface area contributed by atoms with Crippen molar-refractivity contribution in [1.82, 2.24) is 4.72 Å². The summed E-state index contributed by atoms with van der Waals surface area (Å²) in [7, 11) is -7.66. The maximum Gasteiger partial charge on any atom is 0.242 e. The molecule has 0 spiro atoms. The van der Waals surface area contributed by atoms with Crippen molar-refractivity contribution in [3.8, 4) is 5.75 Å². The molecule has 8 heteroatoms. The van der Waals surface area contributed by atoms with Crippen molar-refractivity contribution in [2.75, 3.05) is 12.9 Å². The Balaban J connectivity index is 2.00. The van der Waals surface area contributed by atoms with Crippen LogP contribution in [0, 0.1) is 0 Å². The van der Waals surface area contributed by atoms with Crippen LogP contribution in [0.3, 0.4) is 0 Å². The molecule has 0 saturated carbocycles. The number of para-hydroxylation sites is 1. The molecular weight excluding hydrogens is 350 g/mol. The Kier molecular flexibility index (Phi) is 4.37. The highest BCUT2D eigenvalue weighted by molar-refractivity contribution is 7.93. The number of sulfonamides is 1. The van der Waals surface area contributed by atoms with Gasteiger partial charge in [-0.05, 0) is 18.2 Å². The van der Waals surface area contributed by atoms with Crippen LogP contribution in [0.4, 0.5) is 0 Å². The third kappa shape index (κ3) is 3.31. The lowest BCUT2D eigenvalue weighted by Gasteiger charge is -2.26. The minimum Gasteiger partial charge on any atom is -0.493 e. The minimum absolute atomic E-state index is 0.210. The van der Waals surface area contributed by atoms with E-state index in [1.54, 1.807) is 18.2 Å². The van der Waals surface area contributed by atoms with E-state index in [0.717, 1.165) is 11.8 Å². The molecule has 0 saturated heterocycles. The van der Waals surface area contributed by atoms with Crippen LogP contribution < -0.4 is 9.46 Å². The van der Waals surface area contributed by atoms with E-state index in [4.69, 9.17) is 4.74 Å². The molecule has 6 nitrogen and oxygen atoms in total. The van der Waals surface area contributed by atoms with Crippen LogP contribution in [0.25, 0.3) is 0 Å². The van der Waals surface area contributed by atoms with Gasteiger partial charge in [-0.1, -0.05) is 30.3 Å². The highest BCUT2D eigenvalue weighted by Crippen LogP contribution is 2.33. The molecule has 0 bridgehead atoms. The van der Waals surface area contributed by atoms with E-state index in [-0.39, 0.29) is 9.79 Å². The Morgan fingerprint density at radius 3 is 2.29 bits per heavy atom. The fourth-order valence-corrected chi connectivity index (χ4v) is 5.57. The molecule has 0 aromatic heterocycles. The van der Waals surface area contributed by atoms with Gasteiger partial charge in [0.05, 0.1) is 17.5 Å². The van der Waals surface area contributed by atoms with Gasteiger partial charge in [-0.25, -0.2) is 21.6 Å². The van der Waals surface area contributed by atoms with Gasteiger partial charge in [0.15, 0.2) is 9.84 Å². The van der Waals surface area contributed by atoms with Gasteiger partial charge in [0, 0.05) is 18.2 Å². The molecule has 0 aliphatic carbocycles. The fraction of sp³-hybridized carbons (Fsp3) is 0.250. The Bertz CT molecular complexity index is 967. The number of fused-ring (bicyclic) bond motifs is 1. The Morgan fingerprint density at radius 2 is 1.58 bits per heavy atom. The van der Waals surface area contributed by atoms with E-state index in [9.17, 15) is 16.8 Å². The zero-order chi connectivity index (χ0) is 17.4. The summed E-state index contributed by atoms with van der Waals surface area (Å²) in [6, 6.07) is 12.3. The van der Waals surface area contributed by atoms with Crippen LogP contribution in [-0.4, -0.2) is 29.7 Å². The van der Waals surface area contributed by atoms with Crippen molar-refractivity contribution in [2.24, 2.45) is 0 Å². The van der Waals surface area contributed by atoms with Crippen LogP contribution >= 0.6 is 0 Å². The highest BCUT2D eigenvalue weighted by atomic mass is 32.2. The van der Waals surface area contributed by atoms with Gasteiger partial charge < -0.3 is 4.74 Å². The van der Waals surface area contributed by atoms with Gasteiger partial charge in [0.25, 0.3) is 0 Å². The SMILES string of the molecule is CS(=O)(=O)c1ccccc1S(=O)(=O)NC1CCOc2ccccc21. The number of ether oxygens (including phenoxy) is 1. The van der Waals surface area contributed by atoms with Crippen molar-refractivity contribution < 1.29 is 21.6 Å². The first kappa shape index (κ1) is 16.9. The van der Waals surface area contributed by atoms with E-state index >= 15 is 0 Å². The van der Waals surface area contributed by atoms with Crippen molar-refractivity contribution in [3.63, 3.8) is 0 Å². The molecule has 128 valence electrons. The number of nitrogens with one attached hydrogen (secondary N) is 1. The minimum atomic E-state index is -4.00. The molecule has 0 fully saturated rings. The third-order valence-electron chi connectivity index (χ3n) is 3.79. The first-order valence-corrected chi connectivity index (χ1v) is 10.7. The van der Waals surface area contributed by atoms with Crippen LogP contribution in [0.15, 0.2) is 58.3 Å². The van der Waals surface area contributed by atoms with Gasteiger partial charge >= 0.3 is 0 Å². The molecule has 1 unspecified atom stereocenters. The fourth-order valence-electron chi connectivity index (χ4n) is 2.69. The molecule has 1 N–H and O–H groups in total. The summed E-state index contributed by atoms with van der Waals surface area (Å²) in [6.45, 7) is 0.387. The van der Waals surface area contributed by atoms with Gasteiger partial charge in [-0.15, -0.1) is 0 Å². The predicted octanol–water partition coefficient (Wildman–Crippen LogP) is 1.89. The number of benzene rings is 2. The Morgan fingerprint density at radius 1 is 0.958 bits per heavy atom. The predicted molar refractivity (Wildman–Crippen MR) is 89.2 cm³/mol. The number of hydrogen-bond donors (Lipinski definition) is 1. The summed E-state index contributed by atoms with van der Waals surface area (Å²) in [4.78, 5) is -0.450. The van der Waals surface area contributed by atoms with Gasteiger partial charge in [-0.3, -0.25) is 0 Å². The molecule has 0 radical (unpaired) electrons. The Hall–Kier alpha value is -1.90. The van der Waals surface area contributed by atoms with E-state index in [1.165, 1.54) is 24.3 Å². The second kappa shape index (κ2) is 6.19. The van der Waals surface area contributed by atoms with Crippen molar-refractivity contribution in [3.05, 3.63) is 54.1 Å². The van der Waals surface area contributed by atoms with E-state index in [1.807, 2.05) is 6.07 Å². The molecule has 1 aliphatic heterocycles. The molecule has 1 atom stereocenters. The van der Waals surface area contributed by atoms with Gasteiger partial charge in [-0.2, -0.15) is 0 Å². The molecule has 2 aromatic carbocycles. The van der Waals surface area contributed by atoms with Crippen LogP contribution in [0.2, 0.25) is 0 Å². The second-order valence-electron chi connectivity index (χ2n) is 5.57. The van der Waals surface area contributed by atoms with E-state index < -0.39 is 25.9 Å². The third-order valence-corrected chi connectivity index (χ3v) is 6.61. The first-order valence-electron chi connectivity index (χ1n) is 7.32. The number of sulfone groups is 1. The summed E-state index contributed by atoms with van der Waals surface area (Å²) in [5, 5.41) is 0. The number of rotatable bonds is 4. The van der Waals surface area contributed by atoms with E-state index in [0.29, 0.717) is 18.8 Å². The summed E-state index contributed by atoms with van der Waals surface area (Å²) in [5.41, 5.74) is 0.740. The maximum atomic E-state index is 12.8. The van der Waals surface area contributed by atoms with Gasteiger partial charge in [0.1, 0.15) is 10.6 Å². The summed E-state index contributed by atoms with van der Waals surface area (Å²) >= 11 is 0. The normalized spacial score (nSPS) is 17.8. The average molecular weight is 367 g/mol. The van der Waals surface area contributed by atoms with Crippen LogP contribution in [-0.2, 0) is 19.9 Å². The van der Waals surface area contributed by atoms with Crippen molar-refractivity contribution >= 4 is 19.9 Å². The lowest BCUT2D eigenvalue weighted by atomic mass is 10.0. The van der Waals surface area contributed by atoms with Crippen LogP contribution in [0.1, 0.15) is 18.0 Å². The molecule has 3 rings (SSSR count). The Labute approximate surface area is 141 Å². The lowest BCUT2D eigenvalue weighted by molar-refractivity contribution is 0.263. The summed E-state index contributed by atoms with van der Waals surface area (Å²) in [5.74, 6) is 0.632. The standard InChI is InChI=1S/C16H17NO5S2/c1-23(18,19)15-8-4-5-9-16(15)24(20,21)17-13-10-11-22-14-7-3-2-6-12(13)14/h2-9,13,17H,10-11H2,1H3. The quantitative estimate of drug-likeness (QED) is 0.891. The highest BCUT2D eigenvalue weighted by Gasteiger charge is 2.29. The van der Waals surface area contributed by atoms with Gasteiger partial charge in [0.2, 0.25) is 10.0 Å². The summed E-state index contributed by atoms with van der Waals surface area (Å²) < 4.78 is 57.4. The zero-order valence-electron chi connectivity index (χ0n) is 13.0. The largest absolute Gasteiger partial charge is 0.493 e. The number of hydrogen-bond acceptors (Lipinski definition) is 5. The second-order valence-corrected chi connectivity index (χ2v) is 9.23. The average Bonchev–Trinajstić information content (AvgIpc) is 2.54.